The minimum absolute atomic E-state index is 0.0864. The Hall–Kier alpha value is -1.08. The van der Waals surface area contributed by atoms with Crippen molar-refractivity contribution in [1.82, 2.24) is 15.1 Å². The Kier molecular flexibility index (Phi) is 7.16. The van der Waals surface area contributed by atoms with E-state index in [1.54, 1.807) is 0 Å². The predicted octanol–water partition coefficient (Wildman–Crippen LogP) is 1.86. The van der Waals surface area contributed by atoms with Crippen LogP contribution in [-0.2, 0) is 11.3 Å². The standard InChI is InChI=1S/C19H30N4OS/c1-20-18-6-3-7-23(14-18)15-19(24)21-17-5-2-4-16(12-17)13-22-8-10-25-11-9-22/h2,4-5,12,18,20H,3,6-11,13-15H2,1H3,(H,21,24). The van der Waals surface area contributed by atoms with Gasteiger partial charge in [-0.2, -0.15) is 11.8 Å². The number of nitrogens with one attached hydrogen (secondary N) is 2. The quantitative estimate of drug-likeness (QED) is 0.809. The third-order valence-electron chi connectivity index (χ3n) is 5.00. The first-order valence-electron chi connectivity index (χ1n) is 9.31. The van der Waals surface area contributed by atoms with Crippen molar-refractivity contribution < 1.29 is 4.79 Å². The maximum absolute atomic E-state index is 12.4. The van der Waals surface area contributed by atoms with Crippen LogP contribution >= 0.6 is 11.8 Å². The van der Waals surface area contributed by atoms with E-state index in [9.17, 15) is 4.79 Å². The number of likely N-dealkylation sites (N-methyl/N-ethyl adjacent to an activating group) is 1. The first kappa shape index (κ1) is 18.7. The predicted molar refractivity (Wildman–Crippen MR) is 106 cm³/mol. The lowest BCUT2D eigenvalue weighted by Crippen LogP contribution is -2.46. The van der Waals surface area contributed by atoms with Crippen LogP contribution in [0.5, 0.6) is 0 Å². The molecular formula is C19H30N4OS. The molecule has 1 unspecified atom stereocenters. The fourth-order valence-corrected chi connectivity index (χ4v) is 4.58. The topological polar surface area (TPSA) is 47.6 Å². The number of thioether (sulfide) groups is 1. The number of hydrogen-bond donors (Lipinski definition) is 2. The number of carbonyl (C=O) groups is 1. The lowest BCUT2D eigenvalue weighted by molar-refractivity contribution is -0.117. The highest BCUT2D eigenvalue weighted by atomic mass is 32.2. The van der Waals surface area contributed by atoms with Crippen LogP contribution < -0.4 is 10.6 Å². The Labute approximate surface area is 155 Å². The SMILES string of the molecule is CNC1CCCN(CC(=O)Nc2cccc(CN3CCSCC3)c2)C1. The molecule has 6 heteroatoms. The summed E-state index contributed by atoms with van der Waals surface area (Å²) in [5.41, 5.74) is 2.19. The van der Waals surface area contributed by atoms with E-state index < -0.39 is 0 Å². The largest absolute Gasteiger partial charge is 0.325 e. The molecule has 5 nitrogen and oxygen atoms in total. The van der Waals surface area contributed by atoms with Gasteiger partial charge in [0.1, 0.15) is 0 Å². The number of likely N-dealkylation sites (tertiary alicyclic amines) is 1. The van der Waals surface area contributed by atoms with Gasteiger partial charge in [0.15, 0.2) is 0 Å². The number of anilines is 1. The Morgan fingerprint density at radius 1 is 1.24 bits per heavy atom. The van der Waals surface area contributed by atoms with E-state index in [0.29, 0.717) is 12.6 Å². The first-order valence-corrected chi connectivity index (χ1v) is 10.5. The van der Waals surface area contributed by atoms with Crippen molar-refractivity contribution in [3.8, 4) is 0 Å². The van der Waals surface area contributed by atoms with Crippen LogP contribution in [0.2, 0.25) is 0 Å². The Morgan fingerprint density at radius 3 is 2.88 bits per heavy atom. The molecule has 2 aliphatic rings. The molecule has 2 fully saturated rings. The molecule has 2 saturated heterocycles. The Balaban J connectivity index is 1.50. The molecule has 1 aromatic rings. The number of nitrogens with zero attached hydrogens (tertiary/aromatic N) is 2. The second-order valence-corrected chi connectivity index (χ2v) is 8.22. The lowest BCUT2D eigenvalue weighted by atomic mass is 10.1. The fraction of sp³-hybridized carbons (Fsp3) is 0.632. The van der Waals surface area contributed by atoms with Crippen molar-refractivity contribution in [2.45, 2.75) is 25.4 Å². The zero-order chi connectivity index (χ0) is 17.5. The summed E-state index contributed by atoms with van der Waals surface area (Å²) in [6.45, 7) is 5.73. The molecule has 2 heterocycles. The third-order valence-corrected chi connectivity index (χ3v) is 5.94. The second-order valence-electron chi connectivity index (χ2n) is 7.00. The van der Waals surface area contributed by atoms with Crippen molar-refractivity contribution in [3.63, 3.8) is 0 Å². The van der Waals surface area contributed by atoms with Crippen LogP contribution in [-0.4, -0.2) is 73.0 Å². The summed E-state index contributed by atoms with van der Waals surface area (Å²) in [5.74, 6) is 2.53. The van der Waals surface area contributed by atoms with E-state index in [1.807, 2.05) is 30.9 Å². The maximum Gasteiger partial charge on any atom is 0.238 e. The molecule has 25 heavy (non-hydrogen) atoms. The molecule has 2 aliphatic heterocycles. The minimum atomic E-state index is 0.0864. The molecule has 0 aliphatic carbocycles. The van der Waals surface area contributed by atoms with Crippen molar-refractivity contribution in [3.05, 3.63) is 29.8 Å². The molecule has 3 rings (SSSR count). The van der Waals surface area contributed by atoms with E-state index in [1.165, 1.54) is 23.5 Å². The van der Waals surface area contributed by atoms with Gasteiger partial charge >= 0.3 is 0 Å². The molecule has 1 atom stereocenters. The highest BCUT2D eigenvalue weighted by Gasteiger charge is 2.20. The van der Waals surface area contributed by atoms with E-state index in [0.717, 1.165) is 44.8 Å². The smallest absolute Gasteiger partial charge is 0.238 e. The molecule has 138 valence electrons. The molecule has 0 saturated carbocycles. The molecule has 1 amide bonds. The first-order chi connectivity index (χ1) is 12.2. The number of benzene rings is 1. The summed E-state index contributed by atoms with van der Waals surface area (Å²) in [7, 11) is 2.00. The number of piperidine rings is 1. The number of amides is 1. The average molecular weight is 363 g/mol. The van der Waals surface area contributed by atoms with Gasteiger partial charge in [0.25, 0.3) is 0 Å². The average Bonchev–Trinajstić information content (AvgIpc) is 2.63. The highest BCUT2D eigenvalue weighted by Crippen LogP contribution is 2.16. The maximum atomic E-state index is 12.4. The van der Waals surface area contributed by atoms with Crippen LogP contribution in [0.25, 0.3) is 0 Å². The van der Waals surface area contributed by atoms with Crippen LogP contribution in [0, 0.1) is 0 Å². The number of rotatable bonds is 6. The monoisotopic (exact) mass is 362 g/mol. The molecule has 0 spiro atoms. The highest BCUT2D eigenvalue weighted by molar-refractivity contribution is 7.99. The summed E-state index contributed by atoms with van der Waals surface area (Å²) in [4.78, 5) is 17.1. The lowest BCUT2D eigenvalue weighted by Gasteiger charge is -2.31. The molecule has 0 radical (unpaired) electrons. The van der Waals surface area contributed by atoms with Crippen molar-refractivity contribution in [2.75, 3.05) is 56.6 Å². The van der Waals surface area contributed by atoms with E-state index in [-0.39, 0.29) is 5.91 Å². The van der Waals surface area contributed by atoms with E-state index >= 15 is 0 Å². The van der Waals surface area contributed by atoms with Gasteiger partial charge in [0.05, 0.1) is 6.54 Å². The normalized spacial score (nSPS) is 22.7. The summed E-state index contributed by atoms with van der Waals surface area (Å²) < 4.78 is 0. The van der Waals surface area contributed by atoms with Gasteiger partial charge in [-0.3, -0.25) is 14.6 Å². The van der Waals surface area contributed by atoms with Gasteiger partial charge in [0, 0.05) is 49.4 Å². The molecule has 0 bridgehead atoms. The van der Waals surface area contributed by atoms with Gasteiger partial charge in [-0.25, -0.2) is 0 Å². The Morgan fingerprint density at radius 2 is 2.08 bits per heavy atom. The number of carbonyl (C=O) groups excluding carboxylic acids is 1. The van der Waals surface area contributed by atoms with Crippen LogP contribution in [0.1, 0.15) is 18.4 Å². The fourth-order valence-electron chi connectivity index (χ4n) is 3.60. The summed E-state index contributed by atoms with van der Waals surface area (Å²) in [5, 5.41) is 6.40. The number of hydrogen-bond acceptors (Lipinski definition) is 5. The molecule has 2 N–H and O–H groups in total. The summed E-state index contributed by atoms with van der Waals surface area (Å²) in [6, 6.07) is 8.81. The van der Waals surface area contributed by atoms with Crippen LogP contribution in [0.15, 0.2) is 24.3 Å². The van der Waals surface area contributed by atoms with Gasteiger partial charge < -0.3 is 10.6 Å². The van der Waals surface area contributed by atoms with Crippen LogP contribution in [0.3, 0.4) is 0 Å². The third kappa shape index (κ3) is 5.99. The van der Waals surface area contributed by atoms with Gasteiger partial charge in [-0.1, -0.05) is 12.1 Å². The van der Waals surface area contributed by atoms with Crippen molar-refractivity contribution in [2.24, 2.45) is 0 Å². The van der Waals surface area contributed by atoms with E-state index in [2.05, 4.69) is 32.6 Å². The van der Waals surface area contributed by atoms with Gasteiger partial charge in [-0.05, 0) is 44.1 Å². The second kappa shape index (κ2) is 9.57. The van der Waals surface area contributed by atoms with Gasteiger partial charge in [-0.15, -0.1) is 0 Å². The van der Waals surface area contributed by atoms with Gasteiger partial charge in [0.2, 0.25) is 5.91 Å². The molecule has 1 aromatic carbocycles. The molecule has 0 aromatic heterocycles. The van der Waals surface area contributed by atoms with E-state index in [4.69, 9.17) is 0 Å². The summed E-state index contributed by atoms with van der Waals surface area (Å²) >= 11 is 2.03. The van der Waals surface area contributed by atoms with Crippen molar-refractivity contribution >= 4 is 23.4 Å². The summed E-state index contributed by atoms with van der Waals surface area (Å²) in [6.07, 6.45) is 2.36. The Bertz CT molecular complexity index is 562. The zero-order valence-electron chi connectivity index (χ0n) is 15.2. The molecular weight excluding hydrogens is 332 g/mol. The minimum Gasteiger partial charge on any atom is -0.325 e. The van der Waals surface area contributed by atoms with Crippen molar-refractivity contribution in [1.29, 1.82) is 0 Å². The van der Waals surface area contributed by atoms with Crippen LogP contribution in [0.4, 0.5) is 5.69 Å². The zero-order valence-corrected chi connectivity index (χ0v) is 16.0.